The summed E-state index contributed by atoms with van der Waals surface area (Å²) in [5.41, 5.74) is 0. The minimum absolute atomic E-state index is 0.359. The van der Waals surface area contributed by atoms with Crippen molar-refractivity contribution in [2.24, 2.45) is 5.92 Å². The van der Waals surface area contributed by atoms with Crippen LogP contribution in [0.25, 0.3) is 0 Å². The first-order chi connectivity index (χ1) is 8.62. The second-order valence-electron chi connectivity index (χ2n) is 4.96. The third-order valence-electron chi connectivity index (χ3n) is 3.39. The molecular weight excluding hydrogens is 232 g/mol. The highest BCUT2D eigenvalue weighted by molar-refractivity contribution is 4.72. The normalized spacial score (nSPS) is 21.0. The SMILES string of the molecule is CCOC(C)(OCC)C(C)CCCOCC1CO1. The van der Waals surface area contributed by atoms with Gasteiger partial charge in [-0.3, -0.25) is 0 Å². The Morgan fingerprint density at radius 1 is 1.28 bits per heavy atom. The van der Waals surface area contributed by atoms with Gasteiger partial charge >= 0.3 is 0 Å². The highest BCUT2D eigenvalue weighted by Gasteiger charge is 2.32. The van der Waals surface area contributed by atoms with Crippen molar-refractivity contribution in [3.63, 3.8) is 0 Å². The zero-order chi connectivity index (χ0) is 13.4. The second-order valence-corrected chi connectivity index (χ2v) is 4.96. The Bertz CT molecular complexity index is 210. The monoisotopic (exact) mass is 260 g/mol. The molecule has 0 radical (unpaired) electrons. The lowest BCUT2D eigenvalue weighted by molar-refractivity contribution is -0.250. The molecular formula is C14H28O4. The molecule has 0 N–H and O–H groups in total. The number of hydrogen-bond donors (Lipinski definition) is 0. The quantitative estimate of drug-likeness (QED) is 0.325. The van der Waals surface area contributed by atoms with E-state index in [0.29, 0.717) is 25.2 Å². The third-order valence-corrected chi connectivity index (χ3v) is 3.39. The molecule has 108 valence electrons. The van der Waals surface area contributed by atoms with Crippen molar-refractivity contribution in [2.75, 3.05) is 33.0 Å². The summed E-state index contributed by atoms with van der Waals surface area (Å²) in [5.74, 6) is -0.110. The van der Waals surface area contributed by atoms with Gasteiger partial charge in [0.2, 0.25) is 0 Å². The predicted octanol–water partition coefficient (Wildman–Crippen LogP) is 2.61. The number of rotatable bonds is 11. The molecule has 1 rings (SSSR count). The van der Waals surface area contributed by atoms with Crippen LogP contribution in [-0.2, 0) is 18.9 Å². The first kappa shape index (κ1) is 15.9. The summed E-state index contributed by atoms with van der Waals surface area (Å²) in [6, 6.07) is 0. The summed E-state index contributed by atoms with van der Waals surface area (Å²) in [7, 11) is 0. The summed E-state index contributed by atoms with van der Waals surface area (Å²) >= 11 is 0. The lowest BCUT2D eigenvalue weighted by Crippen LogP contribution is -2.39. The van der Waals surface area contributed by atoms with E-state index in [4.69, 9.17) is 18.9 Å². The Balaban J connectivity index is 2.15. The van der Waals surface area contributed by atoms with Gasteiger partial charge in [-0.2, -0.15) is 0 Å². The lowest BCUT2D eigenvalue weighted by atomic mass is 9.96. The molecule has 0 aliphatic carbocycles. The van der Waals surface area contributed by atoms with Crippen LogP contribution in [0.15, 0.2) is 0 Å². The topological polar surface area (TPSA) is 40.2 Å². The molecule has 0 spiro atoms. The summed E-state index contributed by atoms with van der Waals surface area (Å²) in [5, 5.41) is 0. The van der Waals surface area contributed by atoms with Crippen molar-refractivity contribution in [2.45, 2.75) is 52.4 Å². The first-order valence-electron chi connectivity index (χ1n) is 7.09. The average molecular weight is 260 g/mol. The highest BCUT2D eigenvalue weighted by Crippen LogP contribution is 2.27. The molecule has 0 saturated carbocycles. The van der Waals surface area contributed by atoms with Gasteiger partial charge in [0.25, 0.3) is 0 Å². The Kier molecular flexibility index (Phi) is 7.15. The van der Waals surface area contributed by atoms with E-state index in [0.717, 1.165) is 32.7 Å². The van der Waals surface area contributed by atoms with Crippen LogP contribution < -0.4 is 0 Å². The smallest absolute Gasteiger partial charge is 0.167 e. The van der Waals surface area contributed by atoms with E-state index in [1.807, 2.05) is 20.8 Å². The second kappa shape index (κ2) is 8.10. The van der Waals surface area contributed by atoms with Crippen molar-refractivity contribution in [3.05, 3.63) is 0 Å². The maximum atomic E-state index is 5.75. The third kappa shape index (κ3) is 5.65. The number of hydrogen-bond acceptors (Lipinski definition) is 4. The highest BCUT2D eigenvalue weighted by atomic mass is 16.7. The largest absolute Gasteiger partial charge is 0.379 e. The van der Waals surface area contributed by atoms with Crippen LogP contribution in [0.3, 0.4) is 0 Å². The van der Waals surface area contributed by atoms with E-state index in [1.54, 1.807) is 0 Å². The Labute approximate surface area is 111 Å². The molecule has 0 aromatic rings. The first-order valence-corrected chi connectivity index (χ1v) is 7.09. The van der Waals surface area contributed by atoms with Crippen LogP contribution >= 0.6 is 0 Å². The molecule has 0 aromatic heterocycles. The summed E-state index contributed by atoms with van der Waals surface area (Å²) < 4.78 is 22.1. The van der Waals surface area contributed by atoms with E-state index < -0.39 is 5.79 Å². The maximum absolute atomic E-state index is 5.75. The summed E-state index contributed by atoms with van der Waals surface area (Å²) in [6.07, 6.45) is 2.44. The molecule has 0 bridgehead atoms. The van der Waals surface area contributed by atoms with Gasteiger partial charge in [-0.05, 0) is 33.6 Å². The molecule has 18 heavy (non-hydrogen) atoms. The van der Waals surface area contributed by atoms with Crippen LogP contribution in [0.5, 0.6) is 0 Å². The molecule has 1 heterocycles. The van der Waals surface area contributed by atoms with Crippen molar-refractivity contribution in [1.29, 1.82) is 0 Å². The van der Waals surface area contributed by atoms with Crippen LogP contribution in [-0.4, -0.2) is 44.9 Å². The van der Waals surface area contributed by atoms with E-state index in [-0.39, 0.29) is 0 Å². The molecule has 0 aromatic carbocycles. The molecule has 2 atom stereocenters. The van der Waals surface area contributed by atoms with Crippen molar-refractivity contribution < 1.29 is 18.9 Å². The van der Waals surface area contributed by atoms with E-state index in [9.17, 15) is 0 Å². The lowest BCUT2D eigenvalue weighted by Gasteiger charge is -2.35. The average Bonchev–Trinajstić information content (AvgIpc) is 3.13. The number of epoxide rings is 1. The van der Waals surface area contributed by atoms with E-state index in [1.165, 1.54) is 0 Å². The molecule has 2 unspecified atom stereocenters. The van der Waals surface area contributed by atoms with E-state index >= 15 is 0 Å². The molecule has 1 fully saturated rings. The van der Waals surface area contributed by atoms with Crippen LogP contribution in [0.1, 0.15) is 40.5 Å². The fourth-order valence-electron chi connectivity index (χ4n) is 2.03. The van der Waals surface area contributed by atoms with Crippen molar-refractivity contribution in [1.82, 2.24) is 0 Å². The van der Waals surface area contributed by atoms with Gasteiger partial charge in [0, 0.05) is 25.7 Å². The fraction of sp³-hybridized carbons (Fsp3) is 1.00. The minimum Gasteiger partial charge on any atom is -0.379 e. The zero-order valence-electron chi connectivity index (χ0n) is 12.2. The summed E-state index contributed by atoms with van der Waals surface area (Å²) in [4.78, 5) is 0. The van der Waals surface area contributed by atoms with Gasteiger partial charge in [-0.1, -0.05) is 6.92 Å². The van der Waals surface area contributed by atoms with Gasteiger partial charge in [0.1, 0.15) is 6.10 Å². The molecule has 1 aliphatic heterocycles. The standard InChI is InChI=1S/C14H28O4/c1-5-17-14(4,18-6-2)12(3)8-7-9-15-10-13-11-16-13/h12-13H,5-11H2,1-4H3. The van der Waals surface area contributed by atoms with Crippen LogP contribution in [0.4, 0.5) is 0 Å². The van der Waals surface area contributed by atoms with Gasteiger partial charge < -0.3 is 18.9 Å². The van der Waals surface area contributed by atoms with E-state index in [2.05, 4.69) is 6.92 Å². The fourth-order valence-corrected chi connectivity index (χ4v) is 2.03. The molecule has 1 saturated heterocycles. The van der Waals surface area contributed by atoms with Gasteiger partial charge in [0.15, 0.2) is 5.79 Å². The number of ether oxygens (including phenoxy) is 4. The molecule has 4 nitrogen and oxygen atoms in total. The molecule has 1 aliphatic rings. The Morgan fingerprint density at radius 2 is 1.89 bits per heavy atom. The predicted molar refractivity (Wildman–Crippen MR) is 70.6 cm³/mol. The Hall–Kier alpha value is -0.160. The van der Waals surface area contributed by atoms with Crippen LogP contribution in [0.2, 0.25) is 0 Å². The zero-order valence-corrected chi connectivity index (χ0v) is 12.2. The van der Waals surface area contributed by atoms with Crippen molar-refractivity contribution >= 4 is 0 Å². The molecule has 4 heteroatoms. The van der Waals surface area contributed by atoms with Gasteiger partial charge in [-0.25, -0.2) is 0 Å². The molecule has 0 amide bonds. The maximum Gasteiger partial charge on any atom is 0.167 e. The van der Waals surface area contributed by atoms with Gasteiger partial charge in [-0.15, -0.1) is 0 Å². The Morgan fingerprint density at radius 3 is 2.39 bits per heavy atom. The summed E-state index contributed by atoms with van der Waals surface area (Å²) in [6.45, 7) is 12.0. The van der Waals surface area contributed by atoms with Gasteiger partial charge in [0.05, 0.1) is 13.2 Å². The van der Waals surface area contributed by atoms with Crippen LogP contribution in [0, 0.1) is 5.92 Å². The van der Waals surface area contributed by atoms with Crippen molar-refractivity contribution in [3.8, 4) is 0 Å². The minimum atomic E-state index is -0.469.